The molecule has 3 N–H and O–H groups in total. The Hall–Kier alpha value is -3.07. The standard InChI is InChI=1S/C38H47F5N2O7/c1-21-30(22(2)52-45-21)44-31(46)49-17-23-6-8-24(9-7-23)26-16-33(5)27(12-15-36(33,48)37(39,40)38(41,42)43)25-10-13-34(47)18-35(14-11-28(34)29(25)26)50-19-32(3,4)20-51-35/h6-9,25-27,47-48H,10-20H2,1-5H3,(H,44,46)/t25?,26-,27?,33+,34?,36+/m1/s1. The first kappa shape index (κ1) is 37.3. The zero-order valence-electron chi connectivity index (χ0n) is 30.1. The Morgan fingerprint density at radius 2 is 1.67 bits per heavy atom. The molecule has 4 fully saturated rings. The minimum Gasteiger partial charge on any atom is -0.444 e. The van der Waals surface area contributed by atoms with Gasteiger partial charge in [0.05, 0.1) is 18.8 Å². The van der Waals surface area contributed by atoms with E-state index in [9.17, 15) is 28.2 Å². The van der Waals surface area contributed by atoms with E-state index in [1.165, 1.54) is 6.92 Å². The summed E-state index contributed by atoms with van der Waals surface area (Å²) in [6.07, 6.45) is -5.82. The highest BCUT2D eigenvalue weighted by Crippen LogP contribution is 2.71. The van der Waals surface area contributed by atoms with Crippen molar-refractivity contribution >= 4 is 11.8 Å². The van der Waals surface area contributed by atoms with Gasteiger partial charge in [-0.2, -0.15) is 22.0 Å². The Kier molecular flexibility index (Phi) is 8.76. The van der Waals surface area contributed by atoms with Crippen LogP contribution in [0.15, 0.2) is 39.9 Å². The lowest BCUT2D eigenvalue weighted by molar-refractivity contribution is -0.362. The highest BCUT2D eigenvalue weighted by atomic mass is 19.4. The van der Waals surface area contributed by atoms with Crippen molar-refractivity contribution in [3.8, 4) is 0 Å². The number of fused-ring (bicyclic) bond motifs is 4. The first-order chi connectivity index (χ1) is 24.1. The number of benzene rings is 1. The van der Waals surface area contributed by atoms with E-state index in [2.05, 4.69) is 10.5 Å². The van der Waals surface area contributed by atoms with Crippen LogP contribution in [0.5, 0.6) is 0 Å². The molecule has 7 rings (SSSR count). The number of nitrogens with one attached hydrogen (secondary N) is 1. The predicted molar refractivity (Wildman–Crippen MR) is 177 cm³/mol. The molecule has 1 aliphatic heterocycles. The van der Waals surface area contributed by atoms with Gasteiger partial charge in [-0.3, -0.25) is 5.32 Å². The zero-order chi connectivity index (χ0) is 37.7. The van der Waals surface area contributed by atoms with Gasteiger partial charge in [-0.15, -0.1) is 0 Å². The van der Waals surface area contributed by atoms with Gasteiger partial charge < -0.3 is 28.9 Å². The van der Waals surface area contributed by atoms with E-state index in [-0.39, 0.29) is 37.7 Å². The maximum Gasteiger partial charge on any atom is 0.456 e. The second-order valence-electron chi connectivity index (χ2n) is 16.8. The minimum absolute atomic E-state index is 0.00276. The fourth-order valence-corrected chi connectivity index (χ4v) is 10.1. The molecule has 3 saturated carbocycles. The zero-order valence-corrected chi connectivity index (χ0v) is 30.1. The monoisotopic (exact) mass is 738 g/mol. The van der Waals surface area contributed by atoms with Gasteiger partial charge in [0.15, 0.2) is 11.5 Å². The summed E-state index contributed by atoms with van der Waals surface area (Å²) >= 11 is 0. The van der Waals surface area contributed by atoms with Crippen molar-refractivity contribution in [2.24, 2.45) is 22.7 Å². The quantitative estimate of drug-likeness (QED) is 0.207. The molecular weight excluding hydrogens is 691 g/mol. The molecule has 286 valence electrons. The lowest BCUT2D eigenvalue weighted by atomic mass is 9.49. The molecule has 2 heterocycles. The molecule has 1 amide bonds. The largest absolute Gasteiger partial charge is 0.456 e. The first-order valence-electron chi connectivity index (χ1n) is 18.0. The predicted octanol–water partition coefficient (Wildman–Crippen LogP) is 8.26. The SMILES string of the molecule is Cc1noc(C)c1NC(=O)OCc1ccc([C@H]2C[C@@]3(C)C(CC[C@@]3(O)C(F)(F)C(F)(F)F)C3CCC4(O)CC5(CCC4=C32)OCC(C)(C)CO5)cc1. The van der Waals surface area contributed by atoms with Crippen molar-refractivity contribution in [3.63, 3.8) is 0 Å². The van der Waals surface area contributed by atoms with Gasteiger partial charge in [0, 0.05) is 29.6 Å². The third kappa shape index (κ3) is 5.78. The van der Waals surface area contributed by atoms with E-state index in [0.717, 1.165) is 11.1 Å². The molecule has 5 aliphatic rings. The average Bonchev–Trinajstić information content (AvgIpc) is 3.54. The summed E-state index contributed by atoms with van der Waals surface area (Å²) in [4.78, 5) is 12.5. The number of ether oxygens (including phenoxy) is 3. The third-order valence-corrected chi connectivity index (χ3v) is 12.9. The van der Waals surface area contributed by atoms with Crippen molar-refractivity contribution in [3.05, 3.63) is 58.0 Å². The second kappa shape index (κ2) is 12.2. The van der Waals surface area contributed by atoms with Gasteiger partial charge in [0.25, 0.3) is 0 Å². The summed E-state index contributed by atoms with van der Waals surface area (Å²) in [7, 11) is 0. The maximum absolute atomic E-state index is 15.4. The minimum atomic E-state index is -5.94. The van der Waals surface area contributed by atoms with Crippen molar-refractivity contribution in [2.75, 3.05) is 18.5 Å². The number of halogens is 5. The van der Waals surface area contributed by atoms with Crippen molar-refractivity contribution < 1.29 is 55.7 Å². The van der Waals surface area contributed by atoms with Gasteiger partial charge in [0.1, 0.15) is 23.6 Å². The van der Waals surface area contributed by atoms with Gasteiger partial charge >= 0.3 is 18.2 Å². The lowest BCUT2D eigenvalue weighted by Gasteiger charge is -2.59. The molecule has 1 aromatic carbocycles. The van der Waals surface area contributed by atoms with E-state index in [1.807, 2.05) is 13.8 Å². The Balaban J connectivity index is 1.22. The molecule has 1 saturated heterocycles. The smallest absolute Gasteiger partial charge is 0.444 e. The number of hydrogen-bond donors (Lipinski definition) is 3. The number of alkyl halides is 5. The highest BCUT2D eigenvalue weighted by molar-refractivity contribution is 5.85. The number of hydrogen-bond acceptors (Lipinski definition) is 8. The molecule has 0 bridgehead atoms. The summed E-state index contributed by atoms with van der Waals surface area (Å²) in [6.45, 7) is 9.61. The summed E-state index contributed by atoms with van der Waals surface area (Å²) in [5, 5.41) is 30.4. The molecule has 1 spiro atoms. The molecule has 1 aromatic heterocycles. The van der Waals surface area contributed by atoms with Crippen LogP contribution in [0, 0.1) is 36.5 Å². The Labute approximate surface area is 299 Å². The van der Waals surface area contributed by atoms with Gasteiger partial charge in [-0.1, -0.05) is 55.8 Å². The van der Waals surface area contributed by atoms with E-state index in [0.29, 0.717) is 60.7 Å². The summed E-state index contributed by atoms with van der Waals surface area (Å²) in [6, 6.07) is 6.95. The number of anilines is 1. The van der Waals surface area contributed by atoms with Crippen LogP contribution in [0.4, 0.5) is 32.4 Å². The molecule has 14 heteroatoms. The van der Waals surface area contributed by atoms with Crippen LogP contribution >= 0.6 is 0 Å². The number of carbonyl (C=O) groups excluding carboxylic acids is 1. The number of aromatic nitrogens is 1. The van der Waals surface area contributed by atoms with E-state index < -0.39 is 64.8 Å². The molecular formula is C38H47F5N2O7. The normalized spacial score (nSPS) is 34.0. The number of nitrogens with zero attached hydrogens (tertiary/aromatic N) is 1. The molecule has 4 aliphatic carbocycles. The van der Waals surface area contributed by atoms with Crippen LogP contribution in [0.1, 0.15) is 101 Å². The number of aliphatic hydroxyl groups is 2. The number of aryl methyl sites for hydroxylation is 2. The van der Waals surface area contributed by atoms with Crippen molar-refractivity contribution in [2.45, 2.75) is 128 Å². The van der Waals surface area contributed by atoms with Gasteiger partial charge in [0.2, 0.25) is 0 Å². The van der Waals surface area contributed by atoms with Crippen LogP contribution in [0.3, 0.4) is 0 Å². The molecule has 3 unspecified atom stereocenters. The van der Waals surface area contributed by atoms with Gasteiger partial charge in [-0.25, -0.2) is 4.79 Å². The number of amides is 1. The molecule has 6 atom stereocenters. The molecule has 2 aromatic rings. The van der Waals surface area contributed by atoms with Crippen LogP contribution in [-0.4, -0.2) is 63.8 Å². The van der Waals surface area contributed by atoms with Crippen LogP contribution in [-0.2, 0) is 20.8 Å². The lowest BCUT2D eigenvalue weighted by Crippen LogP contribution is -2.65. The number of carbonyl (C=O) groups is 1. The van der Waals surface area contributed by atoms with Crippen LogP contribution in [0.2, 0.25) is 0 Å². The topological polar surface area (TPSA) is 123 Å². The Morgan fingerprint density at radius 3 is 2.29 bits per heavy atom. The van der Waals surface area contributed by atoms with E-state index in [4.69, 9.17) is 18.7 Å². The Bertz CT molecular complexity index is 1730. The van der Waals surface area contributed by atoms with E-state index >= 15 is 8.78 Å². The third-order valence-electron chi connectivity index (χ3n) is 12.9. The molecule has 9 nitrogen and oxygen atoms in total. The van der Waals surface area contributed by atoms with Gasteiger partial charge in [-0.05, 0) is 80.9 Å². The number of rotatable bonds is 5. The van der Waals surface area contributed by atoms with E-state index in [1.54, 1.807) is 38.1 Å². The molecule has 52 heavy (non-hydrogen) atoms. The summed E-state index contributed by atoms with van der Waals surface area (Å²) in [5.74, 6) is -7.63. The van der Waals surface area contributed by atoms with Crippen molar-refractivity contribution in [1.29, 1.82) is 0 Å². The Morgan fingerprint density at radius 1 is 1.00 bits per heavy atom. The summed E-state index contributed by atoms with van der Waals surface area (Å²) in [5.41, 5.74) is -2.81. The average molecular weight is 739 g/mol. The second-order valence-corrected chi connectivity index (χ2v) is 16.8. The summed E-state index contributed by atoms with van der Waals surface area (Å²) < 4.78 is 95.9. The highest BCUT2D eigenvalue weighted by Gasteiger charge is 2.79. The van der Waals surface area contributed by atoms with Crippen molar-refractivity contribution in [1.82, 2.24) is 5.16 Å². The van der Waals surface area contributed by atoms with Crippen LogP contribution in [0.25, 0.3) is 0 Å². The fraction of sp³-hybridized carbons (Fsp3) is 0.684. The maximum atomic E-state index is 15.4. The van der Waals surface area contributed by atoms with Crippen LogP contribution < -0.4 is 5.32 Å². The fourth-order valence-electron chi connectivity index (χ4n) is 10.1. The number of allylic oxidation sites excluding steroid dienone is 1. The first-order valence-corrected chi connectivity index (χ1v) is 18.0. The molecule has 0 radical (unpaired) electrons.